The van der Waals surface area contributed by atoms with Gasteiger partial charge in [-0.15, -0.1) is 0 Å². The molecule has 1 aromatic rings. The molecule has 1 aliphatic rings. The van der Waals surface area contributed by atoms with Gasteiger partial charge in [-0.1, -0.05) is 26.0 Å². The lowest BCUT2D eigenvalue weighted by Gasteiger charge is -2.21. The fraction of sp³-hybridized carbons (Fsp3) is 0.500. The number of anilines is 1. The van der Waals surface area contributed by atoms with Crippen molar-refractivity contribution in [2.45, 2.75) is 39.0 Å². The van der Waals surface area contributed by atoms with Crippen LogP contribution >= 0.6 is 0 Å². The van der Waals surface area contributed by atoms with Crippen LogP contribution in [0.2, 0.25) is 0 Å². The first-order valence-electron chi connectivity index (χ1n) is 7.27. The van der Waals surface area contributed by atoms with E-state index in [4.69, 9.17) is 0 Å². The smallest absolute Gasteiger partial charge is 0.229 e. The summed E-state index contributed by atoms with van der Waals surface area (Å²) in [6, 6.07) is 8.01. The van der Waals surface area contributed by atoms with Crippen LogP contribution < -0.4 is 10.6 Å². The molecule has 0 bridgehead atoms. The van der Waals surface area contributed by atoms with Gasteiger partial charge in [0.15, 0.2) is 0 Å². The van der Waals surface area contributed by atoms with Gasteiger partial charge >= 0.3 is 0 Å². The molecule has 0 spiro atoms. The fourth-order valence-electron chi connectivity index (χ4n) is 2.33. The van der Waals surface area contributed by atoms with Gasteiger partial charge in [-0.05, 0) is 36.5 Å². The monoisotopic (exact) mass is 274 g/mol. The third kappa shape index (κ3) is 3.59. The van der Waals surface area contributed by atoms with Crippen LogP contribution in [0.4, 0.5) is 5.69 Å². The van der Waals surface area contributed by atoms with E-state index >= 15 is 0 Å². The second-order valence-electron chi connectivity index (χ2n) is 5.46. The largest absolute Gasteiger partial charge is 0.355 e. The highest BCUT2D eigenvalue weighted by Crippen LogP contribution is 2.21. The van der Waals surface area contributed by atoms with Crippen molar-refractivity contribution in [1.29, 1.82) is 0 Å². The SMILES string of the molecule is CCC(C)c1ccc(NC(=O)C2CCC(=O)NC2)cc1. The van der Waals surface area contributed by atoms with Crippen molar-refractivity contribution in [3.8, 4) is 0 Å². The van der Waals surface area contributed by atoms with Crippen molar-refractivity contribution >= 4 is 17.5 Å². The van der Waals surface area contributed by atoms with E-state index in [0.717, 1.165) is 12.1 Å². The number of hydrogen-bond acceptors (Lipinski definition) is 2. The predicted molar refractivity (Wildman–Crippen MR) is 79.5 cm³/mol. The molecule has 20 heavy (non-hydrogen) atoms. The fourth-order valence-corrected chi connectivity index (χ4v) is 2.33. The standard InChI is InChI=1S/C16H22N2O2/c1-3-11(2)12-4-7-14(8-5-12)18-16(20)13-6-9-15(19)17-10-13/h4-5,7-8,11,13H,3,6,9-10H2,1-2H3,(H,17,19)(H,18,20). The van der Waals surface area contributed by atoms with Gasteiger partial charge in [0, 0.05) is 18.7 Å². The summed E-state index contributed by atoms with van der Waals surface area (Å²) in [4.78, 5) is 23.2. The summed E-state index contributed by atoms with van der Waals surface area (Å²) in [7, 11) is 0. The van der Waals surface area contributed by atoms with E-state index in [1.165, 1.54) is 5.56 Å². The van der Waals surface area contributed by atoms with Crippen molar-refractivity contribution in [3.63, 3.8) is 0 Å². The molecule has 2 rings (SSSR count). The number of carbonyl (C=O) groups excluding carboxylic acids is 2. The first kappa shape index (κ1) is 14.6. The van der Waals surface area contributed by atoms with Crippen LogP contribution in [0.1, 0.15) is 44.6 Å². The minimum absolute atomic E-state index is 0.0127. The Bertz CT molecular complexity index is 472. The van der Waals surface area contributed by atoms with E-state index in [0.29, 0.717) is 25.3 Å². The molecule has 2 atom stereocenters. The minimum Gasteiger partial charge on any atom is -0.355 e. The van der Waals surface area contributed by atoms with Gasteiger partial charge in [0.05, 0.1) is 5.92 Å². The molecule has 0 radical (unpaired) electrons. The Morgan fingerprint density at radius 3 is 2.65 bits per heavy atom. The quantitative estimate of drug-likeness (QED) is 0.886. The molecule has 2 unspecified atom stereocenters. The Labute approximate surface area is 119 Å². The summed E-state index contributed by atoms with van der Waals surface area (Å²) in [5.41, 5.74) is 2.11. The van der Waals surface area contributed by atoms with Crippen molar-refractivity contribution in [1.82, 2.24) is 5.32 Å². The molecule has 2 N–H and O–H groups in total. The zero-order valence-corrected chi connectivity index (χ0v) is 12.1. The van der Waals surface area contributed by atoms with Crippen LogP contribution in [0, 0.1) is 5.92 Å². The number of carbonyl (C=O) groups is 2. The van der Waals surface area contributed by atoms with Crippen LogP contribution in [-0.4, -0.2) is 18.4 Å². The highest BCUT2D eigenvalue weighted by atomic mass is 16.2. The van der Waals surface area contributed by atoms with E-state index in [1.54, 1.807) is 0 Å². The van der Waals surface area contributed by atoms with Crippen molar-refractivity contribution in [2.24, 2.45) is 5.92 Å². The first-order valence-corrected chi connectivity index (χ1v) is 7.27. The highest BCUT2D eigenvalue weighted by Gasteiger charge is 2.24. The molecule has 4 heteroatoms. The summed E-state index contributed by atoms with van der Waals surface area (Å²) >= 11 is 0. The summed E-state index contributed by atoms with van der Waals surface area (Å²) < 4.78 is 0. The van der Waals surface area contributed by atoms with E-state index < -0.39 is 0 Å². The molecule has 1 aliphatic heterocycles. The highest BCUT2D eigenvalue weighted by molar-refractivity contribution is 5.94. The molecule has 2 amide bonds. The van der Waals surface area contributed by atoms with Crippen molar-refractivity contribution < 1.29 is 9.59 Å². The van der Waals surface area contributed by atoms with E-state index in [-0.39, 0.29) is 17.7 Å². The zero-order valence-electron chi connectivity index (χ0n) is 12.1. The topological polar surface area (TPSA) is 58.2 Å². The number of benzene rings is 1. The van der Waals surface area contributed by atoms with Gasteiger partial charge in [0.25, 0.3) is 0 Å². The Morgan fingerprint density at radius 2 is 2.10 bits per heavy atom. The van der Waals surface area contributed by atoms with Crippen LogP contribution in [0.3, 0.4) is 0 Å². The molecule has 0 aliphatic carbocycles. The normalized spacial score (nSPS) is 20.1. The number of nitrogens with one attached hydrogen (secondary N) is 2. The molecular formula is C16H22N2O2. The van der Waals surface area contributed by atoms with Crippen LogP contribution in [0.25, 0.3) is 0 Å². The van der Waals surface area contributed by atoms with Gasteiger partial charge in [0.2, 0.25) is 11.8 Å². The molecule has 108 valence electrons. The number of hydrogen-bond donors (Lipinski definition) is 2. The van der Waals surface area contributed by atoms with Crippen molar-refractivity contribution in [3.05, 3.63) is 29.8 Å². The van der Waals surface area contributed by atoms with Gasteiger partial charge in [-0.2, -0.15) is 0 Å². The summed E-state index contributed by atoms with van der Waals surface area (Å²) in [5.74, 6) is 0.434. The third-order valence-corrected chi connectivity index (χ3v) is 4.00. The Hall–Kier alpha value is -1.84. The average molecular weight is 274 g/mol. The van der Waals surface area contributed by atoms with E-state index in [9.17, 15) is 9.59 Å². The zero-order chi connectivity index (χ0) is 14.5. The van der Waals surface area contributed by atoms with Crippen LogP contribution in [-0.2, 0) is 9.59 Å². The average Bonchev–Trinajstić information content (AvgIpc) is 2.48. The number of rotatable bonds is 4. The van der Waals surface area contributed by atoms with Gasteiger partial charge < -0.3 is 10.6 Å². The predicted octanol–water partition coefficient (Wildman–Crippen LogP) is 2.66. The lowest BCUT2D eigenvalue weighted by molar-refractivity contribution is -0.126. The molecule has 1 fully saturated rings. The maximum absolute atomic E-state index is 12.1. The molecular weight excluding hydrogens is 252 g/mol. The van der Waals surface area contributed by atoms with Crippen molar-refractivity contribution in [2.75, 3.05) is 11.9 Å². The number of amides is 2. The molecule has 0 saturated carbocycles. The molecule has 1 aromatic carbocycles. The number of piperidine rings is 1. The second-order valence-corrected chi connectivity index (χ2v) is 5.46. The van der Waals surface area contributed by atoms with Crippen LogP contribution in [0.5, 0.6) is 0 Å². The maximum atomic E-state index is 12.1. The van der Waals surface area contributed by atoms with Gasteiger partial charge in [0.1, 0.15) is 0 Å². The van der Waals surface area contributed by atoms with Crippen LogP contribution in [0.15, 0.2) is 24.3 Å². The first-order chi connectivity index (χ1) is 9.60. The second kappa shape index (κ2) is 6.55. The van der Waals surface area contributed by atoms with Gasteiger partial charge in [-0.25, -0.2) is 0 Å². The lowest BCUT2D eigenvalue weighted by atomic mass is 9.97. The Morgan fingerprint density at radius 1 is 1.40 bits per heavy atom. The Balaban J connectivity index is 1.92. The molecule has 4 nitrogen and oxygen atoms in total. The molecule has 1 heterocycles. The molecule has 1 saturated heterocycles. The maximum Gasteiger partial charge on any atom is 0.229 e. The van der Waals surface area contributed by atoms with E-state index in [2.05, 4.69) is 36.6 Å². The summed E-state index contributed by atoms with van der Waals surface area (Å²) in [6.45, 7) is 4.80. The van der Waals surface area contributed by atoms with E-state index in [1.807, 2.05) is 12.1 Å². The summed E-state index contributed by atoms with van der Waals surface area (Å²) in [5, 5.41) is 5.65. The van der Waals surface area contributed by atoms with Gasteiger partial charge in [-0.3, -0.25) is 9.59 Å². The molecule has 0 aromatic heterocycles. The Kier molecular flexibility index (Phi) is 4.77. The third-order valence-electron chi connectivity index (χ3n) is 4.00. The minimum atomic E-state index is -0.123. The summed E-state index contributed by atoms with van der Waals surface area (Å²) in [6.07, 6.45) is 2.17. The lowest BCUT2D eigenvalue weighted by Crippen LogP contribution is -2.40.